The fourth-order valence-electron chi connectivity index (χ4n) is 7.19. The van der Waals surface area contributed by atoms with Crippen molar-refractivity contribution < 1.29 is 18.1 Å². The van der Waals surface area contributed by atoms with Crippen molar-refractivity contribution in [2.75, 3.05) is 42.1 Å². The summed E-state index contributed by atoms with van der Waals surface area (Å²) in [4.78, 5) is 30.2. The third-order valence-corrected chi connectivity index (χ3v) is 12.2. The molecular weight excluding hydrogens is 707 g/mol. The fraction of sp³-hybridized carbons (Fsp3) is 0.244. The molecule has 10 nitrogen and oxygen atoms in total. The van der Waals surface area contributed by atoms with E-state index < -0.39 is 20.9 Å². The molecule has 0 aromatic heterocycles. The van der Waals surface area contributed by atoms with Crippen LogP contribution in [0.25, 0.3) is 0 Å². The third-order valence-electron chi connectivity index (χ3n) is 9.85. The van der Waals surface area contributed by atoms with Gasteiger partial charge in [0.1, 0.15) is 5.69 Å². The number of hydrogen-bond donors (Lipinski definition) is 2. The van der Waals surface area contributed by atoms with Crippen molar-refractivity contribution in [1.82, 2.24) is 9.62 Å². The average Bonchev–Trinajstić information content (AvgIpc) is 3.17. The summed E-state index contributed by atoms with van der Waals surface area (Å²) in [5.74, 6) is -0.129. The molecular formula is C41H41N5O5S2. The number of thioether (sulfide) groups is 1. The SMILES string of the molecule is O=C(NS(=O)(=O)c1ccc(NCCSc2ccccc2)c([N+](=O)[O-])c1)c1ccc2c(c1)CC[C@@H]1CN(Cc3ccccc3Cc3ccccc3)CCN21. The number of nitrogens with one attached hydrogen (secondary N) is 2. The van der Waals surface area contributed by atoms with Gasteiger partial charge in [-0.3, -0.25) is 19.8 Å². The van der Waals surface area contributed by atoms with Crippen molar-refractivity contribution in [3.63, 3.8) is 0 Å². The summed E-state index contributed by atoms with van der Waals surface area (Å²) in [5.41, 5.74) is 6.12. The number of piperazine rings is 1. The van der Waals surface area contributed by atoms with Crippen LogP contribution in [0.2, 0.25) is 0 Å². The maximum absolute atomic E-state index is 13.3. The van der Waals surface area contributed by atoms with Crippen LogP contribution in [-0.4, -0.2) is 62.1 Å². The van der Waals surface area contributed by atoms with Crippen LogP contribution in [0.15, 0.2) is 131 Å². The number of fused-ring (bicyclic) bond motifs is 3. The predicted molar refractivity (Wildman–Crippen MR) is 210 cm³/mol. The first-order valence-electron chi connectivity index (χ1n) is 17.7. The zero-order valence-electron chi connectivity index (χ0n) is 29.2. The molecule has 0 saturated carbocycles. The number of nitrogens with zero attached hydrogens (tertiary/aromatic N) is 3. The molecule has 1 fully saturated rings. The van der Waals surface area contributed by atoms with Gasteiger partial charge in [0.25, 0.3) is 21.6 Å². The first-order chi connectivity index (χ1) is 25.7. The lowest BCUT2D eigenvalue weighted by atomic mass is 9.92. The van der Waals surface area contributed by atoms with Crippen LogP contribution in [0.1, 0.15) is 39.0 Å². The summed E-state index contributed by atoms with van der Waals surface area (Å²) in [6.45, 7) is 4.02. The lowest BCUT2D eigenvalue weighted by Gasteiger charge is -2.46. The number of amides is 1. The molecule has 2 aliphatic heterocycles. The highest BCUT2D eigenvalue weighted by molar-refractivity contribution is 7.99. The minimum atomic E-state index is -4.39. The summed E-state index contributed by atoms with van der Waals surface area (Å²) in [6.07, 6.45) is 2.60. The Labute approximate surface area is 314 Å². The van der Waals surface area contributed by atoms with Crippen LogP contribution in [0.4, 0.5) is 17.1 Å². The molecule has 0 unspecified atom stereocenters. The molecule has 272 valence electrons. The largest absolute Gasteiger partial charge is 0.379 e. The lowest BCUT2D eigenvalue weighted by Crippen LogP contribution is -2.54. The molecule has 0 spiro atoms. The van der Waals surface area contributed by atoms with Gasteiger partial charge in [0.05, 0.1) is 9.82 Å². The van der Waals surface area contributed by atoms with Gasteiger partial charge in [-0.1, -0.05) is 72.8 Å². The fourth-order valence-corrected chi connectivity index (χ4v) is 8.97. The molecule has 7 rings (SSSR count). The molecule has 2 heterocycles. The van der Waals surface area contributed by atoms with Crippen molar-refractivity contribution in [2.24, 2.45) is 0 Å². The molecule has 1 saturated heterocycles. The van der Waals surface area contributed by atoms with E-state index in [2.05, 4.69) is 68.4 Å². The van der Waals surface area contributed by atoms with E-state index >= 15 is 0 Å². The van der Waals surface area contributed by atoms with Crippen LogP contribution in [0, 0.1) is 10.1 Å². The number of carbonyl (C=O) groups excluding carboxylic acids is 1. The number of anilines is 2. The molecule has 0 bridgehead atoms. The van der Waals surface area contributed by atoms with Crippen LogP contribution in [0.5, 0.6) is 0 Å². The highest BCUT2D eigenvalue weighted by Crippen LogP contribution is 2.34. The van der Waals surface area contributed by atoms with E-state index in [4.69, 9.17) is 0 Å². The number of aryl methyl sites for hydroxylation is 1. The molecule has 53 heavy (non-hydrogen) atoms. The Balaban J connectivity index is 0.968. The number of nitro benzene ring substituents is 1. The average molecular weight is 748 g/mol. The van der Waals surface area contributed by atoms with Gasteiger partial charge in [-0.15, -0.1) is 11.8 Å². The lowest BCUT2D eigenvalue weighted by molar-refractivity contribution is -0.384. The minimum absolute atomic E-state index is 0.204. The molecule has 0 aliphatic carbocycles. The topological polar surface area (TPSA) is 125 Å². The summed E-state index contributed by atoms with van der Waals surface area (Å²) in [5, 5.41) is 14.9. The maximum atomic E-state index is 13.3. The molecule has 5 aromatic carbocycles. The summed E-state index contributed by atoms with van der Waals surface area (Å²) in [6, 6.07) is 38.3. The number of nitro groups is 1. The van der Waals surface area contributed by atoms with E-state index in [1.807, 2.05) is 42.5 Å². The van der Waals surface area contributed by atoms with Crippen LogP contribution >= 0.6 is 11.8 Å². The number of hydrogen-bond acceptors (Lipinski definition) is 9. The minimum Gasteiger partial charge on any atom is -0.379 e. The van der Waals surface area contributed by atoms with Gasteiger partial charge in [-0.05, 0) is 84.0 Å². The Morgan fingerprint density at radius 3 is 2.38 bits per heavy atom. The van der Waals surface area contributed by atoms with Gasteiger partial charge < -0.3 is 10.2 Å². The standard InChI is InChI=1S/C41H41N5O5S2/c47-41(43-53(50,51)37-18-19-38(40(27-37)46(48)49)42-21-24-52-36-13-5-2-6-14-36)33-16-20-39-32(26-33)15-17-35-29-44(22-23-45(35)39)28-34-12-8-7-11-31(34)25-30-9-3-1-4-10-30/h1-14,16,18-20,26-27,35,42H,15,17,21-25,28-29H2,(H,43,47)/t35-/m1/s1. The zero-order chi connectivity index (χ0) is 36.8. The molecule has 2 aliphatic rings. The Hall–Kier alpha value is -5.17. The van der Waals surface area contributed by atoms with E-state index in [0.717, 1.165) is 67.7 Å². The Bertz CT molecular complexity index is 2200. The van der Waals surface area contributed by atoms with E-state index in [1.54, 1.807) is 23.9 Å². The van der Waals surface area contributed by atoms with Gasteiger partial charge in [-0.2, -0.15) is 0 Å². The molecule has 1 atom stereocenters. The Morgan fingerprint density at radius 2 is 1.60 bits per heavy atom. The maximum Gasteiger partial charge on any atom is 0.293 e. The second-order valence-electron chi connectivity index (χ2n) is 13.4. The molecule has 12 heteroatoms. The van der Waals surface area contributed by atoms with Gasteiger partial charge in [0.15, 0.2) is 0 Å². The quantitative estimate of drug-likeness (QED) is 0.0560. The van der Waals surface area contributed by atoms with Gasteiger partial charge in [0.2, 0.25) is 0 Å². The smallest absolute Gasteiger partial charge is 0.293 e. The summed E-state index contributed by atoms with van der Waals surface area (Å²) >= 11 is 1.60. The van der Waals surface area contributed by atoms with Crippen LogP contribution < -0.4 is 14.9 Å². The summed E-state index contributed by atoms with van der Waals surface area (Å²) in [7, 11) is -4.39. The van der Waals surface area contributed by atoms with Crippen molar-refractivity contribution in [1.29, 1.82) is 0 Å². The highest BCUT2D eigenvalue weighted by atomic mass is 32.2. The van der Waals surface area contributed by atoms with Gasteiger partial charge in [-0.25, -0.2) is 13.1 Å². The predicted octanol–water partition coefficient (Wildman–Crippen LogP) is 7.15. The van der Waals surface area contributed by atoms with Crippen LogP contribution in [-0.2, 0) is 29.4 Å². The van der Waals surface area contributed by atoms with Crippen LogP contribution in [0.3, 0.4) is 0 Å². The second-order valence-corrected chi connectivity index (χ2v) is 16.2. The van der Waals surface area contributed by atoms with E-state index in [-0.39, 0.29) is 21.8 Å². The number of carbonyl (C=O) groups is 1. The van der Waals surface area contributed by atoms with E-state index in [9.17, 15) is 23.3 Å². The molecule has 1 amide bonds. The third kappa shape index (κ3) is 8.73. The van der Waals surface area contributed by atoms with Crippen molar-refractivity contribution in [2.45, 2.75) is 41.6 Å². The zero-order valence-corrected chi connectivity index (χ0v) is 30.8. The van der Waals surface area contributed by atoms with Gasteiger partial charge in [0, 0.05) is 66.7 Å². The van der Waals surface area contributed by atoms with E-state index in [0.29, 0.717) is 18.3 Å². The monoisotopic (exact) mass is 747 g/mol. The van der Waals surface area contributed by atoms with Crippen molar-refractivity contribution in [3.8, 4) is 0 Å². The summed E-state index contributed by atoms with van der Waals surface area (Å²) < 4.78 is 28.7. The first kappa shape index (κ1) is 36.2. The van der Waals surface area contributed by atoms with Crippen molar-refractivity contribution >= 4 is 44.8 Å². The number of sulfonamides is 1. The molecule has 2 N–H and O–H groups in total. The van der Waals surface area contributed by atoms with Gasteiger partial charge >= 0.3 is 0 Å². The number of benzene rings is 5. The van der Waals surface area contributed by atoms with E-state index in [1.165, 1.54) is 28.8 Å². The highest BCUT2D eigenvalue weighted by Gasteiger charge is 2.32. The number of rotatable bonds is 13. The second kappa shape index (κ2) is 16.2. The molecule has 0 radical (unpaired) electrons. The Morgan fingerprint density at radius 1 is 0.868 bits per heavy atom. The Kier molecular flexibility index (Phi) is 11.1. The van der Waals surface area contributed by atoms with Crippen molar-refractivity contribution in [3.05, 3.63) is 159 Å². The molecule has 5 aromatic rings. The normalized spacial score (nSPS) is 15.6. The first-order valence-corrected chi connectivity index (χ1v) is 20.2.